The van der Waals surface area contributed by atoms with Crippen LogP contribution in [0.25, 0.3) is 0 Å². The maximum absolute atomic E-state index is 13.2. The van der Waals surface area contributed by atoms with Gasteiger partial charge >= 0.3 is 23.9 Å². The molecule has 114 valence electrons. The number of alkyl halides is 9. The Hall–Kier alpha value is -1.41. The molecule has 1 aromatic rings. The van der Waals surface area contributed by atoms with E-state index in [9.17, 15) is 39.5 Å². The summed E-state index contributed by atoms with van der Waals surface area (Å²) in [6, 6.07) is 5.48. The summed E-state index contributed by atoms with van der Waals surface area (Å²) in [4.78, 5) is 0. The molecule has 9 heteroatoms. The SMILES string of the molecule is FC(F)(F)C(F)(F)C(F)(F)C(F)(F)Cc1ccccc1. The van der Waals surface area contributed by atoms with Crippen molar-refractivity contribution in [3.8, 4) is 0 Å². The first kappa shape index (κ1) is 16.6. The predicted molar refractivity (Wildman–Crippen MR) is 51.0 cm³/mol. The fourth-order valence-corrected chi connectivity index (χ4v) is 1.37. The van der Waals surface area contributed by atoms with Crippen LogP contribution in [0.3, 0.4) is 0 Å². The van der Waals surface area contributed by atoms with E-state index in [0.717, 1.165) is 24.3 Å². The number of hydrogen-bond acceptors (Lipinski definition) is 0. The average Bonchev–Trinajstić information content (AvgIpc) is 2.27. The molecular weight excluding hydrogens is 303 g/mol. The van der Waals surface area contributed by atoms with Crippen LogP contribution in [0.1, 0.15) is 5.56 Å². The van der Waals surface area contributed by atoms with Gasteiger partial charge in [0.15, 0.2) is 0 Å². The molecule has 20 heavy (non-hydrogen) atoms. The molecule has 0 unspecified atom stereocenters. The van der Waals surface area contributed by atoms with Gasteiger partial charge in [-0.25, -0.2) is 0 Å². The van der Waals surface area contributed by atoms with Crippen molar-refractivity contribution in [2.75, 3.05) is 0 Å². The first-order valence-electron chi connectivity index (χ1n) is 5.07. The number of benzene rings is 1. The topological polar surface area (TPSA) is 0 Å². The van der Waals surface area contributed by atoms with E-state index in [4.69, 9.17) is 0 Å². The Labute approximate surface area is 107 Å². The van der Waals surface area contributed by atoms with Crippen molar-refractivity contribution < 1.29 is 39.5 Å². The first-order valence-corrected chi connectivity index (χ1v) is 5.07. The van der Waals surface area contributed by atoms with Crippen LogP contribution in [0, 0.1) is 0 Å². The third-order valence-electron chi connectivity index (χ3n) is 2.48. The van der Waals surface area contributed by atoms with E-state index >= 15 is 0 Å². The van der Waals surface area contributed by atoms with Crippen LogP contribution < -0.4 is 0 Å². The highest BCUT2D eigenvalue weighted by Crippen LogP contribution is 2.53. The van der Waals surface area contributed by atoms with E-state index in [1.54, 1.807) is 0 Å². The van der Waals surface area contributed by atoms with Crippen LogP contribution in [-0.4, -0.2) is 23.9 Å². The van der Waals surface area contributed by atoms with E-state index in [1.807, 2.05) is 0 Å². The van der Waals surface area contributed by atoms with Gasteiger partial charge in [0.1, 0.15) is 0 Å². The van der Waals surface area contributed by atoms with Gasteiger partial charge in [-0.1, -0.05) is 30.3 Å². The molecule has 1 rings (SSSR count). The Morgan fingerprint density at radius 1 is 0.650 bits per heavy atom. The van der Waals surface area contributed by atoms with Gasteiger partial charge in [-0.3, -0.25) is 0 Å². The molecular formula is C11H7F9. The second-order valence-corrected chi connectivity index (χ2v) is 4.01. The van der Waals surface area contributed by atoms with Crippen LogP contribution in [0.5, 0.6) is 0 Å². The molecule has 0 nitrogen and oxygen atoms in total. The highest BCUT2D eigenvalue weighted by molar-refractivity contribution is 5.18. The number of hydrogen-bond donors (Lipinski definition) is 0. The van der Waals surface area contributed by atoms with Gasteiger partial charge in [-0.15, -0.1) is 0 Å². The summed E-state index contributed by atoms with van der Waals surface area (Å²) in [7, 11) is 0. The third-order valence-corrected chi connectivity index (χ3v) is 2.48. The van der Waals surface area contributed by atoms with Crippen molar-refractivity contribution in [2.24, 2.45) is 0 Å². The van der Waals surface area contributed by atoms with Crippen molar-refractivity contribution in [2.45, 2.75) is 30.4 Å². The molecule has 0 aliphatic heterocycles. The summed E-state index contributed by atoms with van der Waals surface area (Å²) in [6.45, 7) is 0. The summed E-state index contributed by atoms with van der Waals surface area (Å²) in [5.74, 6) is -19.0. The van der Waals surface area contributed by atoms with Crippen LogP contribution in [-0.2, 0) is 6.42 Å². The van der Waals surface area contributed by atoms with Crippen LogP contribution in [0.4, 0.5) is 39.5 Å². The smallest absolute Gasteiger partial charge is 0.199 e. The molecule has 0 radical (unpaired) electrons. The van der Waals surface area contributed by atoms with Gasteiger partial charge in [0.05, 0.1) is 0 Å². The average molecular weight is 310 g/mol. The van der Waals surface area contributed by atoms with Crippen molar-refractivity contribution in [3.05, 3.63) is 35.9 Å². The normalized spacial score (nSPS) is 14.4. The molecule has 0 aliphatic carbocycles. The van der Waals surface area contributed by atoms with Crippen LogP contribution >= 0.6 is 0 Å². The summed E-state index contributed by atoms with van der Waals surface area (Å²) in [6.07, 6.45) is -8.72. The number of halogens is 9. The zero-order valence-corrected chi connectivity index (χ0v) is 9.50. The summed E-state index contributed by atoms with van der Waals surface area (Å²) < 4.78 is 113. The molecule has 0 amide bonds. The minimum absolute atomic E-state index is 0.491. The van der Waals surface area contributed by atoms with E-state index in [0.29, 0.717) is 0 Å². The molecule has 0 atom stereocenters. The second-order valence-electron chi connectivity index (χ2n) is 4.01. The molecule has 0 saturated heterocycles. The van der Waals surface area contributed by atoms with Crippen molar-refractivity contribution in [3.63, 3.8) is 0 Å². The van der Waals surface area contributed by atoms with Gasteiger partial charge in [-0.05, 0) is 5.56 Å². The lowest BCUT2D eigenvalue weighted by Crippen LogP contribution is -2.61. The lowest BCUT2D eigenvalue weighted by Gasteiger charge is -2.33. The highest BCUT2D eigenvalue weighted by atomic mass is 19.4. The highest BCUT2D eigenvalue weighted by Gasteiger charge is 2.81. The second kappa shape index (κ2) is 4.85. The Kier molecular flexibility index (Phi) is 4.04. The fraction of sp³-hybridized carbons (Fsp3) is 0.455. The van der Waals surface area contributed by atoms with E-state index in [2.05, 4.69) is 0 Å². The molecule has 0 aromatic heterocycles. The van der Waals surface area contributed by atoms with Crippen molar-refractivity contribution in [1.29, 1.82) is 0 Å². The maximum Gasteiger partial charge on any atom is 0.460 e. The number of rotatable bonds is 4. The molecule has 0 bridgehead atoms. The third kappa shape index (κ3) is 2.71. The zero-order chi connectivity index (χ0) is 15.8. The van der Waals surface area contributed by atoms with Gasteiger partial charge in [-0.2, -0.15) is 39.5 Å². The lowest BCUT2D eigenvalue weighted by atomic mass is 9.97. The minimum Gasteiger partial charge on any atom is -0.199 e. The van der Waals surface area contributed by atoms with Crippen molar-refractivity contribution in [1.82, 2.24) is 0 Å². The molecule has 0 spiro atoms. The van der Waals surface area contributed by atoms with E-state index in [1.165, 1.54) is 6.07 Å². The molecule has 0 aliphatic rings. The van der Waals surface area contributed by atoms with Crippen LogP contribution in [0.15, 0.2) is 30.3 Å². The monoisotopic (exact) mass is 310 g/mol. The van der Waals surface area contributed by atoms with Gasteiger partial charge < -0.3 is 0 Å². The van der Waals surface area contributed by atoms with Crippen LogP contribution in [0.2, 0.25) is 0 Å². The Bertz CT molecular complexity index is 447. The van der Waals surface area contributed by atoms with Crippen molar-refractivity contribution >= 4 is 0 Å². The quantitative estimate of drug-likeness (QED) is 0.707. The standard InChI is InChI=1S/C11H7F9/c12-8(13,6-7-4-2-1-3-5-7)9(14,15)10(16,17)11(18,19)20/h1-5H,6H2. The molecule has 0 saturated carbocycles. The summed E-state index contributed by atoms with van der Waals surface area (Å²) >= 11 is 0. The zero-order valence-electron chi connectivity index (χ0n) is 9.50. The molecule has 0 fully saturated rings. The first-order chi connectivity index (χ1) is 8.83. The predicted octanol–water partition coefficient (Wildman–Crippen LogP) is 4.70. The van der Waals surface area contributed by atoms with E-state index in [-0.39, 0.29) is 0 Å². The largest absolute Gasteiger partial charge is 0.460 e. The Balaban J connectivity index is 3.12. The molecule has 1 aromatic carbocycles. The van der Waals surface area contributed by atoms with E-state index < -0.39 is 35.9 Å². The summed E-state index contributed by atoms with van der Waals surface area (Å²) in [5.41, 5.74) is -0.491. The molecule has 0 heterocycles. The minimum atomic E-state index is -6.84. The molecule has 0 N–H and O–H groups in total. The van der Waals surface area contributed by atoms with Gasteiger partial charge in [0.2, 0.25) is 0 Å². The summed E-state index contributed by atoms with van der Waals surface area (Å²) in [5, 5.41) is 0. The maximum atomic E-state index is 13.2. The Morgan fingerprint density at radius 2 is 1.10 bits per heavy atom. The van der Waals surface area contributed by atoms with Gasteiger partial charge in [0.25, 0.3) is 0 Å². The Morgan fingerprint density at radius 3 is 1.50 bits per heavy atom. The lowest BCUT2D eigenvalue weighted by molar-refractivity contribution is -0.395. The van der Waals surface area contributed by atoms with Gasteiger partial charge in [0, 0.05) is 6.42 Å². The fourth-order valence-electron chi connectivity index (χ4n) is 1.37.